The van der Waals surface area contributed by atoms with Crippen molar-refractivity contribution in [1.29, 1.82) is 0 Å². The Hall–Kier alpha value is -3.36. The van der Waals surface area contributed by atoms with Crippen molar-refractivity contribution in [2.24, 2.45) is 5.92 Å². The van der Waals surface area contributed by atoms with E-state index < -0.39 is 11.9 Å². The number of aromatic amines is 1. The zero-order valence-electron chi connectivity index (χ0n) is 18.1. The molecule has 2 amide bonds. The summed E-state index contributed by atoms with van der Waals surface area (Å²) in [6.07, 6.45) is 7.64. The zero-order chi connectivity index (χ0) is 23.7. The van der Waals surface area contributed by atoms with Crippen molar-refractivity contribution in [2.45, 2.75) is 31.8 Å². The van der Waals surface area contributed by atoms with Crippen molar-refractivity contribution in [1.82, 2.24) is 30.0 Å². The molecule has 0 saturated heterocycles. The van der Waals surface area contributed by atoms with Gasteiger partial charge in [0.1, 0.15) is 16.9 Å². The Morgan fingerprint density at radius 1 is 1.21 bits per heavy atom. The number of hydrogen-bond acceptors (Lipinski definition) is 4. The van der Waals surface area contributed by atoms with Crippen LogP contribution in [-0.4, -0.2) is 37.2 Å². The predicted molar refractivity (Wildman–Crippen MR) is 129 cm³/mol. The molecule has 3 aromatic heterocycles. The molecule has 2 atom stereocenters. The largest absolute Gasteiger partial charge is 0.349 e. The first-order chi connectivity index (χ1) is 16.5. The van der Waals surface area contributed by atoms with Gasteiger partial charge < -0.3 is 15.6 Å². The maximum absolute atomic E-state index is 13.3. The molecule has 0 radical (unpaired) electrons. The van der Waals surface area contributed by atoms with Gasteiger partial charge in [-0.05, 0) is 48.4 Å². The van der Waals surface area contributed by atoms with Crippen LogP contribution in [0.15, 0.2) is 55.0 Å². The fourth-order valence-corrected chi connectivity index (χ4v) is 4.72. The van der Waals surface area contributed by atoms with Gasteiger partial charge in [-0.25, -0.2) is 9.97 Å². The third-order valence-electron chi connectivity index (χ3n) is 6.12. The molecule has 0 saturated carbocycles. The van der Waals surface area contributed by atoms with Crippen LogP contribution in [0.2, 0.25) is 10.2 Å². The molecule has 0 spiro atoms. The van der Waals surface area contributed by atoms with Crippen molar-refractivity contribution in [3.05, 3.63) is 87.7 Å². The normalized spacial score (nSPS) is 16.1. The summed E-state index contributed by atoms with van der Waals surface area (Å²) in [7, 11) is 0. The number of imidazole rings is 1. The third-order valence-corrected chi connectivity index (χ3v) is 6.82. The Balaban J connectivity index is 1.35. The van der Waals surface area contributed by atoms with Crippen LogP contribution in [0.5, 0.6) is 0 Å². The van der Waals surface area contributed by atoms with Gasteiger partial charge in [-0.1, -0.05) is 47.5 Å². The molecule has 0 bridgehead atoms. The van der Waals surface area contributed by atoms with Gasteiger partial charge >= 0.3 is 0 Å². The van der Waals surface area contributed by atoms with Gasteiger partial charge in [0.15, 0.2) is 0 Å². The van der Waals surface area contributed by atoms with Gasteiger partial charge in [0.2, 0.25) is 11.7 Å². The monoisotopic (exact) mass is 496 g/mol. The summed E-state index contributed by atoms with van der Waals surface area (Å²) in [6, 6.07) is 10.7. The Morgan fingerprint density at radius 3 is 2.79 bits per heavy atom. The van der Waals surface area contributed by atoms with Crippen molar-refractivity contribution in [2.75, 3.05) is 0 Å². The second kappa shape index (κ2) is 9.48. The van der Waals surface area contributed by atoms with Crippen LogP contribution in [0.1, 0.15) is 33.7 Å². The Bertz CT molecular complexity index is 1310. The molecule has 1 aliphatic rings. The van der Waals surface area contributed by atoms with Crippen LogP contribution in [0.3, 0.4) is 0 Å². The Morgan fingerprint density at radius 2 is 2.03 bits per heavy atom. The minimum Gasteiger partial charge on any atom is -0.349 e. The van der Waals surface area contributed by atoms with E-state index >= 15 is 0 Å². The van der Waals surface area contributed by atoms with E-state index in [-0.39, 0.29) is 34.2 Å². The molecule has 10 heteroatoms. The number of aryl methyl sites for hydroxylation is 1. The van der Waals surface area contributed by atoms with Crippen molar-refractivity contribution in [3.8, 4) is 0 Å². The highest BCUT2D eigenvalue weighted by Gasteiger charge is 2.33. The van der Waals surface area contributed by atoms with Gasteiger partial charge in [-0.3, -0.25) is 14.0 Å². The number of nitrogens with zero attached hydrogens (tertiary/aromatic N) is 3. The van der Waals surface area contributed by atoms with E-state index in [2.05, 4.69) is 37.7 Å². The number of amides is 2. The fraction of sp³-hybridized carbons (Fsp3) is 0.250. The van der Waals surface area contributed by atoms with Crippen LogP contribution < -0.4 is 10.6 Å². The highest BCUT2D eigenvalue weighted by atomic mass is 35.5. The van der Waals surface area contributed by atoms with Crippen LogP contribution in [0, 0.1) is 5.92 Å². The number of rotatable bonds is 6. The lowest BCUT2D eigenvalue weighted by molar-refractivity contribution is -0.124. The SMILES string of the molecule is O=C(N[C@H](C(=O)NCc1cn2cccnc2n1)[C@H]1CCc2ccccc2C1)c1cc(Cl)c(Cl)[nH]1. The van der Waals surface area contributed by atoms with E-state index in [1.165, 1.54) is 17.2 Å². The maximum Gasteiger partial charge on any atom is 0.268 e. The lowest BCUT2D eigenvalue weighted by Gasteiger charge is -2.31. The van der Waals surface area contributed by atoms with Crippen molar-refractivity contribution < 1.29 is 9.59 Å². The summed E-state index contributed by atoms with van der Waals surface area (Å²) >= 11 is 12.0. The number of halogens is 2. The number of aromatic nitrogens is 4. The molecule has 0 fully saturated rings. The molecule has 3 N–H and O–H groups in total. The highest BCUT2D eigenvalue weighted by Crippen LogP contribution is 2.28. The van der Waals surface area contributed by atoms with Gasteiger partial charge in [-0.2, -0.15) is 0 Å². The van der Waals surface area contributed by atoms with Crippen LogP contribution >= 0.6 is 23.2 Å². The average molecular weight is 497 g/mol. The summed E-state index contributed by atoms with van der Waals surface area (Å²) in [4.78, 5) is 37.7. The van der Waals surface area contributed by atoms with Crippen LogP contribution in [-0.2, 0) is 24.2 Å². The first-order valence-corrected chi connectivity index (χ1v) is 11.7. The Kier molecular flexibility index (Phi) is 6.26. The predicted octanol–water partition coefficient (Wildman–Crippen LogP) is 3.58. The van der Waals surface area contributed by atoms with Gasteiger partial charge in [0.25, 0.3) is 5.91 Å². The zero-order valence-corrected chi connectivity index (χ0v) is 19.6. The minimum atomic E-state index is -0.739. The van der Waals surface area contributed by atoms with E-state index in [9.17, 15) is 9.59 Å². The summed E-state index contributed by atoms with van der Waals surface area (Å²) in [5.41, 5.74) is 3.36. The van der Waals surface area contributed by atoms with Gasteiger partial charge in [-0.15, -0.1) is 0 Å². The number of H-pyrrole nitrogens is 1. The summed E-state index contributed by atoms with van der Waals surface area (Å²) in [6.45, 7) is 0.220. The highest BCUT2D eigenvalue weighted by molar-refractivity contribution is 6.41. The van der Waals surface area contributed by atoms with E-state index in [1.807, 2.05) is 30.6 Å². The Labute approximate surface area is 205 Å². The van der Waals surface area contributed by atoms with E-state index in [0.717, 1.165) is 12.8 Å². The van der Waals surface area contributed by atoms with Crippen molar-refractivity contribution >= 4 is 40.8 Å². The molecule has 8 nitrogen and oxygen atoms in total. The number of nitrogens with one attached hydrogen (secondary N) is 3. The molecule has 0 aliphatic heterocycles. The topological polar surface area (TPSA) is 104 Å². The lowest BCUT2D eigenvalue weighted by Crippen LogP contribution is -2.52. The number of benzene rings is 1. The molecule has 0 unspecified atom stereocenters. The average Bonchev–Trinajstić information content (AvgIpc) is 3.43. The second-order valence-electron chi connectivity index (χ2n) is 8.34. The molecule has 1 aromatic carbocycles. The fourth-order valence-electron chi connectivity index (χ4n) is 4.41. The maximum atomic E-state index is 13.3. The smallest absolute Gasteiger partial charge is 0.268 e. The third kappa shape index (κ3) is 4.64. The van der Waals surface area contributed by atoms with Crippen LogP contribution in [0.4, 0.5) is 0 Å². The molecular formula is C24H22Cl2N6O2. The van der Waals surface area contributed by atoms with Gasteiger partial charge in [0, 0.05) is 18.6 Å². The summed E-state index contributed by atoms with van der Waals surface area (Å²) in [5.74, 6) is -0.222. The molecule has 1 aliphatic carbocycles. The molecular weight excluding hydrogens is 475 g/mol. The summed E-state index contributed by atoms with van der Waals surface area (Å²) in [5, 5.41) is 6.26. The first kappa shape index (κ1) is 22.4. The molecule has 3 heterocycles. The number of carbonyl (C=O) groups excluding carboxylic acids is 2. The quantitative estimate of drug-likeness (QED) is 0.379. The number of carbonyl (C=O) groups is 2. The van der Waals surface area contributed by atoms with E-state index in [1.54, 1.807) is 10.6 Å². The molecule has 4 aromatic rings. The first-order valence-electron chi connectivity index (χ1n) is 11.0. The molecule has 174 valence electrons. The number of fused-ring (bicyclic) bond motifs is 2. The van der Waals surface area contributed by atoms with E-state index in [4.69, 9.17) is 23.2 Å². The van der Waals surface area contributed by atoms with Crippen LogP contribution in [0.25, 0.3) is 5.78 Å². The number of hydrogen-bond donors (Lipinski definition) is 3. The lowest BCUT2D eigenvalue weighted by atomic mass is 9.79. The minimum absolute atomic E-state index is 0.0671. The van der Waals surface area contributed by atoms with Crippen molar-refractivity contribution in [3.63, 3.8) is 0 Å². The van der Waals surface area contributed by atoms with Gasteiger partial charge in [0.05, 0.1) is 17.3 Å². The molecule has 5 rings (SSSR count). The second-order valence-corrected chi connectivity index (χ2v) is 9.13. The standard InChI is InChI=1S/C24H22Cl2N6O2/c25-18-11-19(30-21(18)26)22(33)31-20(16-7-6-14-4-1-2-5-15(14)10-16)23(34)28-12-17-13-32-9-3-8-27-24(32)29-17/h1-5,8-9,11,13,16,20,30H,6-7,10,12H2,(H,28,34)(H,31,33)/t16-,20-/m0/s1. The van der Waals surface area contributed by atoms with E-state index in [0.29, 0.717) is 17.9 Å². The summed E-state index contributed by atoms with van der Waals surface area (Å²) < 4.78 is 1.79. The molecule has 34 heavy (non-hydrogen) atoms.